The summed E-state index contributed by atoms with van der Waals surface area (Å²) in [6, 6.07) is 15.7. The first-order valence-electron chi connectivity index (χ1n) is 8.84. The highest BCUT2D eigenvalue weighted by atomic mass is 35.5. The maximum Gasteiger partial charge on any atom is 0.266 e. The summed E-state index contributed by atoms with van der Waals surface area (Å²) in [7, 11) is 0. The normalized spacial score (nSPS) is 12.8. The molecule has 1 aliphatic rings. The number of benzene rings is 2. The van der Waals surface area contributed by atoms with Crippen LogP contribution >= 0.6 is 11.6 Å². The van der Waals surface area contributed by atoms with E-state index < -0.39 is 0 Å². The molecule has 0 saturated heterocycles. The Morgan fingerprint density at radius 3 is 2.81 bits per heavy atom. The van der Waals surface area contributed by atoms with Crippen molar-refractivity contribution in [3.8, 4) is 11.3 Å². The van der Waals surface area contributed by atoms with Crippen molar-refractivity contribution in [2.45, 2.75) is 32.9 Å². The van der Waals surface area contributed by atoms with E-state index in [4.69, 9.17) is 11.6 Å². The number of nitrogens with zero attached hydrogens (tertiary/aromatic N) is 2. The molecule has 1 amide bonds. The number of rotatable bonds is 4. The molecule has 1 N–H and O–H groups in total. The van der Waals surface area contributed by atoms with Crippen LogP contribution in [0.2, 0.25) is 5.02 Å². The average Bonchev–Trinajstić information content (AvgIpc) is 3.20. The minimum Gasteiger partial charge on any atom is -0.323 e. The summed E-state index contributed by atoms with van der Waals surface area (Å²) in [5, 5.41) is 3.72. The number of imidazole rings is 1. The summed E-state index contributed by atoms with van der Waals surface area (Å²) in [5.74, 6) is 1.19. The van der Waals surface area contributed by atoms with Crippen molar-refractivity contribution < 1.29 is 9.36 Å². The van der Waals surface area contributed by atoms with E-state index in [2.05, 4.69) is 20.6 Å². The van der Waals surface area contributed by atoms with Gasteiger partial charge in [0.2, 0.25) is 0 Å². The Morgan fingerprint density at radius 1 is 1.23 bits per heavy atom. The number of halogens is 1. The molecule has 0 aliphatic carbocycles. The van der Waals surface area contributed by atoms with Gasteiger partial charge in [0.05, 0.1) is 13.0 Å². The fourth-order valence-corrected chi connectivity index (χ4v) is 3.70. The van der Waals surface area contributed by atoms with Gasteiger partial charge in [0.15, 0.2) is 12.2 Å². The summed E-state index contributed by atoms with van der Waals surface area (Å²) in [6.07, 6.45) is 4.18. The van der Waals surface area contributed by atoms with E-state index in [1.165, 1.54) is 5.82 Å². The van der Waals surface area contributed by atoms with Gasteiger partial charge in [0.25, 0.3) is 11.7 Å². The van der Waals surface area contributed by atoms with Gasteiger partial charge in [-0.05, 0) is 55.3 Å². The van der Waals surface area contributed by atoms with Crippen molar-refractivity contribution in [1.29, 1.82) is 0 Å². The third kappa shape index (κ3) is 3.37. The Hall–Kier alpha value is -2.59. The molecular formula is C21H21ClN3O+. The second-order valence-corrected chi connectivity index (χ2v) is 7.17. The number of fused-ring (bicyclic) bond motifs is 1. The Bertz CT molecular complexity index is 960. The van der Waals surface area contributed by atoms with Crippen molar-refractivity contribution in [3.63, 3.8) is 0 Å². The highest BCUT2D eigenvalue weighted by molar-refractivity contribution is 6.30. The van der Waals surface area contributed by atoms with E-state index in [1.54, 1.807) is 0 Å². The summed E-state index contributed by atoms with van der Waals surface area (Å²) in [5.41, 5.74) is 4.22. The van der Waals surface area contributed by atoms with E-state index >= 15 is 0 Å². The number of anilines is 1. The number of aromatic nitrogens is 2. The van der Waals surface area contributed by atoms with Gasteiger partial charge in [-0.25, -0.2) is 9.13 Å². The highest BCUT2D eigenvalue weighted by Crippen LogP contribution is 2.26. The third-order valence-electron chi connectivity index (χ3n) is 4.75. The topological polar surface area (TPSA) is 37.9 Å². The lowest BCUT2D eigenvalue weighted by Crippen LogP contribution is -2.42. The first-order valence-corrected chi connectivity index (χ1v) is 9.22. The zero-order valence-electron chi connectivity index (χ0n) is 14.7. The number of hydrogen-bond donors (Lipinski definition) is 1. The molecule has 132 valence electrons. The van der Waals surface area contributed by atoms with Crippen molar-refractivity contribution in [1.82, 2.24) is 4.57 Å². The SMILES string of the molecule is Cc1cccc(NC(=O)C[n+]2cc(-c3ccc(Cl)cc3)n3c2CCC3)c1. The number of amides is 1. The Labute approximate surface area is 158 Å². The molecule has 0 spiro atoms. The Kier molecular flexibility index (Phi) is 4.51. The van der Waals surface area contributed by atoms with Crippen LogP contribution in [0.25, 0.3) is 11.3 Å². The molecule has 0 atom stereocenters. The van der Waals surface area contributed by atoms with E-state index in [9.17, 15) is 4.79 Å². The fraction of sp³-hybridized carbons (Fsp3) is 0.238. The van der Waals surface area contributed by atoms with Gasteiger partial charge in [-0.2, -0.15) is 0 Å². The van der Waals surface area contributed by atoms with Crippen LogP contribution in [0.4, 0.5) is 5.69 Å². The lowest BCUT2D eigenvalue weighted by molar-refractivity contribution is -0.690. The van der Waals surface area contributed by atoms with Crippen molar-refractivity contribution in [3.05, 3.63) is 71.1 Å². The minimum absolute atomic E-state index is 0.0106. The molecule has 3 aromatic rings. The number of aryl methyl sites for hydroxylation is 1. The molecule has 5 heteroatoms. The molecule has 0 fully saturated rings. The second-order valence-electron chi connectivity index (χ2n) is 6.74. The maximum atomic E-state index is 12.5. The van der Waals surface area contributed by atoms with Gasteiger partial charge in [-0.15, -0.1) is 0 Å². The standard InChI is InChI=1S/C21H20ClN3O/c1-15-4-2-5-18(12-15)23-20(26)14-24-13-19(25-11-3-6-21(24)25)16-7-9-17(22)10-8-16/h2,4-5,7-10,12-13H,3,6,11,14H2,1H3/p+1. The van der Waals surface area contributed by atoms with Crippen LogP contribution in [0.3, 0.4) is 0 Å². The van der Waals surface area contributed by atoms with Gasteiger partial charge >= 0.3 is 0 Å². The smallest absolute Gasteiger partial charge is 0.266 e. The van der Waals surface area contributed by atoms with Gasteiger partial charge < -0.3 is 5.32 Å². The summed E-state index contributed by atoms with van der Waals surface area (Å²) >= 11 is 6.01. The quantitative estimate of drug-likeness (QED) is 0.696. The monoisotopic (exact) mass is 366 g/mol. The van der Waals surface area contributed by atoms with Crippen LogP contribution in [0, 0.1) is 6.92 Å². The molecule has 4 rings (SSSR count). The Morgan fingerprint density at radius 2 is 2.04 bits per heavy atom. The lowest BCUT2D eigenvalue weighted by Gasteiger charge is -2.05. The third-order valence-corrected chi connectivity index (χ3v) is 5.00. The van der Waals surface area contributed by atoms with E-state index in [-0.39, 0.29) is 5.91 Å². The van der Waals surface area contributed by atoms with Gasteiger partial charge in [0, 0.05) is 16.3 Å². The molecule has 2 aromatic carbocycles. The van der Waals surface area contributed by atoms with Gasteiger partial charge in [-0.3, -0.25) is 4.79 Å². The molecule has 0 saturated carbocycles. The van der Waals surface area contributed by atoms with Crippen LogP contribution < -0.4 is 9.88 Å². The zero-order chi connectivity index (χ0) is 18.1. The fourth-order valence-electron chi connectivity index (χ4n) is 3.58. The van der Waals surface area contributed by atoms with Crippen molar-refractivity contribution in [2.75, 3.05) is 5.32 Å². The van der Waals surface area contributed by atoms with Crippen LogP contribution in [0.5, 0.6) is 0 Å². The van der Waals surface area contributed by atoms with Gasteiger partial charge in [-0.1, -0.05) is 23.7 Å². The largest absolute Gasteiger partial charge is 0.323 e. The zero-order valence-corrected chi connectivity index (χ0v) is 15.5. The summed E-state index contributed by atoms with van der Waals surface area (Å²) in [6.45, 7) is 3.32. The number of carbonyl (C=O) groups is 1. The molecule has 0 radical (unpaired) electrons. The molecule has 1 aliphatic heterocycles. The predicted molar refractivity (Wildman–Crippen MR) is 103 cm³/mol. The summed E-state index contributed by atoms with van der Waals surface area (Å²) < 4.78 is 4.38. The molecule has 4 nitrogen and oxygen atoms in total. The van der Waals surface area contributed by atoms with E-state index in [0.29, 0.717) is 6.54 Å². The first-order chi connectivity index (χ1) is 12.6. The van der Waals surface area contributed by atoms with Crippen LogP contribution in [0.15, 0.2) is 54.7 Å². The van der Waals surface area contributed by atoms with E-state index in [0.717, 1.165) is 46.9 Å². The van der Waals surface area contributed by atoms with E-state index in [1.807, 2.05) is 55.5 Å². The van der Waals surface area contributed by atoms with Crippen molar-refractivity contribution >= 4 is 23.2 Å². The molecule has 0 unspecified atom stereocenters. The molecule has 26 heavy (non-hydrogen) atoms. The molecular weight excluding hydrogens is 346 g/mol. The number of hydrogen-bond acceptors (Lipinski definition) is 1. The molecule has 0 bridgehead atoms. The van der Waals surface area contributed by atoms with Crippen LogP contribution in [-0.2, 0) is 24.3 Å². The number of carbonyl (C=O) groups excluding carboxylic acids is 1. The van der Waals surface area contributed by atoms with Crippen LogP contribution in [0.1, 0.15) is 17.8 Å². The van der Waals surface area contributed by atoms with Crippen molar-refractivity contribution in [2.24, 2.45) is 0 Å². The molecule has 2 heterocycles. The second kappa shape index (κ2) is 6.96. The minimum atomic E-state index is -0.0106. The first kappa shape index (κ1) is 16.9. The molecule has 1 aromatic heterocycles. The van der Waals surface area contributed by atoms with Crippen LogP contribution in [-0.4, -0.2) is 10.5 Å². The van der Waals surface area contributed by atoms with Gasteiger partial charge in [0.1, 0.15) is 6.20 Å². The summed E-state index contributed by atoms with van der Waals surface area (Å²) in [4.78, 5) is 12.5. The lowest BCUT2D eigenvalue weighted by atomic mass is 10.2. The highest BCUT2D eigenvalue weighted by Gasteiger charge is 2.29. The Balaban J connectivity index is 1.58. The number of nitrogens with one attached hydrogen (secondary N) is 1. The predicted octanol–water partition coefficient (Wildman–Crippen LogP) is 3.99. The average molecular weight is 367 g/mol. The maximum absolute atomic E-state index is 12.5.